The van der Waals surface area contributed by atoms with E-state index in [9.17, 15) is 14.7 Å². The van der Waals surface area contributed by atoms with Gasteiger partial charge < -0.3 is 10.8 Å². The maximum Gasteiger partial charge on any atom is 0.310 e. The highest BCUT2D eigenvalue weighted by Crippen LogP contribution is 2.24. The number of rotatable bonds is 4. The molecule has 0 aliphatic rings. The molecule has 0 aromatic carbocycles. The van der Waals surface area contributed by atoms with E-state index >= 15 is 0 Å². The Hall–Kier alpha value is -1.30. The Morgan fingerprint density at radius 3 is 2.73 bits per heavy atom. The maximum absolute atomic E-state index is 11.5. The predicted octanol–water partition coefficient (Wildman–Crippen LogP) is 0.614. The van der Waals surface area contributed by atoms with Crippen molar-refractivity contribution in [3.05, 3.63) is 14.5 Å². The molecule has 6 heteroatoms. The summed E-state index contributed by atoms with van der Waals surface area (Å²) in [7, 11) is 0. The average molecular weight is 230 g/mol. The zero-order chi connectivity index (χ0) is 11.6. The van der Waals surface area contributed by atoms with E-state index in [4.69, 9.17) is 5.73 Å². The van der Waals surface area contributed by atoms with Gasteiger partial charge in [-0.2, -0.15) is 0 Å². The number of aryl methyl sites for hydroxylation is 1. The molecule has 0 fully saturated rings. The summed E-state index contributed by atoms with van der Waals surface area (Å²) in [6.45, 7) is 3.44. The number of aromatic nitrogens is 1. The van der Waals surface area contributed by atoms with Crippen LogP contribution in [0.3, 0.4) is 0 Å². The first-order valence-electron chi connectivity index (χ1n) is 4.71. The number of aromatic hydroxyl groups is 1. The minimum Gasteiger partial charge on any atom is -0.494 e. The normalized spacial score (nSPS) is 12.7. The number of carbonyl (C=O) groups is 1. The molecule has 1 aromatic heterocycles. The highest BCUT2D eigenvalue weighted by atomic mass is 32.1. The summed E-state index contributed by atoms with van der Waals surface area (Å²) in [5.74, 6) is -0.758. The molecule has 0 saturated carbocycles. The number of carbonyl (C=O) groups excluding carboxylic acids is 1. The number of nitrogens with zero attached hydrogens (tertiary/aromatic N) is 1. The third kappa shape index (κ3) is 2.20. The van der Waals surface area contributed by atoms with Crippen molar-refractivity contribution >= 4 is 17.2 Å². The Morgan fingerprint density at radius 2 is 2.27 bits per heavy atom. The summed E-state index contributed by atoms with van der Waals surface area (Å²) in [5, 5.41) is 9.73. The van der Waals surface area contributed by atoms with E-state index in [1.165, 1.54) is 6.92 Å². The molecule has 1 unspecified atom stereocenters. The van der Waals surface area contributed by atoms with Crippen LogP contribution in [0.25, 0.3) is 0 Å². The van der Waals surface area contributed by atoms with Crippen molar-refractivity contribution in [1.82, 2.24) is 4.57 Å². The Bertz CT molecular complexity index is 421. The van der Waals surface area contributed by atoms with E-state index in [1.807, 2.05) is 6.92 Å². The molecule has 1 atom stereocenters. The van der Waals surface area contributed by atoms with Crippen molar-refractivity contribution in [3.8, 4) is 5.88 Å². The molecular formula is C9H14N2O3S. The number of amides is 1. The van der Waals surface area contributed by atoms with Crippen molar-refractivity contribution in [1.29, 1.82) is 0 Å². The SMILES string of the molecule is CCCc1sc(=O)n(C(C)C(N)=O)c1O. The Labute approximate surface area is 91.1 Å². The molecule has 15 heavy (non-hydrogen) atoms. The van der Waals surface area contributed by atoms with E-state index in [-0.39, 0.29) is 10.8 Å². The quantitative estimate of drug-likeness (QED) is 0.794. The van der Waals surface area contributed by atoms with Gasteiger partial charge >= 0.3 is 4.87 Å². The summed E-state index contributed by atoms with van der Waals surface area (Å²) in [5.41, 5.74) is 5.08. The first-order valence-corrected chi connectivity index (χ1v) is 5.53. The molecule has 3 N–H and O–H groups in total. The van der Waals surface area contributed by atoms with Gasteiger partial charge in [0.25, 0.3) is 0 Å². The van der Waals surface area contributed by atoms with E-state index in [1.54, 1.807) is 0 Å². The van der Waals surface area contributed by atoms with Crippen LogP contribution in [0, 0.1) is 0 Å². The first-order chi connectivity index (χ1) is 6.99. The fraction of sp³-hybridized carbons (Fsp3) is 0.556. The van der Waals surface area contributed by atoms with Crippen LogP contribution in [0.1, 0.15) is 31.2 Å². The minimum atomic E-state index is -0.806. The second-order valence-corrected chi connectivity index (χ2v) is 4.36. The third-order valence-electron chi connectivity index (χ3n) is 2.16. The van der Waals surface area contributed by atoms with E-state index in [0.717, 1.165) is 22.3 Å². The highest BCUT2D eigenvalue weighted by molar-refractivity contribution is 7.09. The van der Waals surface area contributed by atoms with Crippen LogP contribution in [0.4, 0.5) is 0 Å². The summed E-state index contributed by atoms with van der Waals surface area (Å²) >= 11 is 0.961. The van der Waals surface area contributed by atoms with Crippen molar-refractivity contribution in [3.63, 3.8) is 0 Å². The van der Waals surface area contributed by atoms with E-state index in [0.29, 0.717) is 11.3 Å². The van der Waals surface area contributed by atoms with Crippen molar-refractivity contribution < 1.29 is 9.90 Å². The lowest BCUT2D eigenvalue weighted by molar-refractivity contribution is -0.120. The predicted molar refractivity (Wildman–Crippen MR) is 58.1 cm³/mol. The Kier molecular flexibility index (Phi) is 3.52. The average Bonchev–Trinajstić information content (AvgIpc) is 2.42. The van der Waals surface area contributed by atoms with Crippen molar-refractivity contribution in [2.24, 2.45) is 5.73 Å². The van der Waals surface area contributed by atoms with Gasteiger partial charge in [-0.15, -0.1) is 0 Å². The molecule has 0 aliphatic carbocycles. The third-order valence-corrected chi connectivity index (χ3v) is 3.17. The highest BCUT2D eigenvalue weighted by Gasteiger charge is 2.21. The lowest BCUT2D eigenvalue weighted by atomic mass is 10.3. The fourth-order valence-electron chi connectivity index (χ4n) is 1.28. The van der Waals surface area contributed by atoms with Crippen LogP contribution in [0.15, 0.2) is 4.79 Å². The summed E-state index contributed by atoms with van der Waals surface area (Å²) in [4.78, 5) is 22.7. The number of nitrogens with two attached hydrogens (primary N) is 1. The van der Waals surface area contributed by atoms with Gasteiger partial charge in [0.15, 0.2) is 0 Å². The van der Waals surface area contributed by atoms with Crippen LogP contribution in [-0.2, 0) is 11.2 Å². The Balaban J connectivity index is 3.19. The van der Waals surface area contributed by atoms with Gasteiger partial charge in [-0.1, -0.05) is 24.7 Å². The molecule has 1 rings (SSSR count). The molecule has 84 valence electrons. The first kappa shape index (κ1) is 11.8. The van der Waals surface area contributed by atoms with Crippen LogP contribution < -0.4 is 10.6 Å². The van der Waals surface area contributed by atoms with Gasteiger partial charge in [-0.3, -0.25) is 14.2 Å². The van der Waals surface area contributed by atoms with E-state index in [2.05, 4.69) is 0 Å². The molecule has 1 amide bonds. The van der Waals surface area contributed by atoms with Gasteiger partial charge in [0.1, 0.15) is 6.04 Å². The molecule has 0 aliphatic heterocycles. The van der Waals surface area contributed by atoms with Crippen molar-refractivity contribution in [2.75, 3.05) is 0 Å². The molecule has 0 spiro atoms. The second-order valence-electron chi connectivity index (χ2n) is 3.31. The molecule has 0 saturated heterocycles. The van der Waals surface area contributed by atoms with Gasteiger partial charge in [0.05, 0.1) is 4.88 Å². The molecule has 1 heterocycles. The molecule has 0 bridgehead atoms. The zero-order valence-corrected chi connectivity index (χ0v) is 9.50. The van der Waals surface area contributed by atoms with E-state index < -0.39 is 11.9 Å². The molecular weight excluding hydrogens is 216 g/mol. The summed E-state index contributed by atoms with van der Waals surface area (Å²) < 4.78 is 1.04. The number of hydrogen-bond donors (Lipinski definition) is 2. The summed E-state index contributed by atoms with van der Waals surface area (Å²) in [6, 6.07) is -0.806. The maximum atomic E-state index is 11.5. The van der Waals surface area contributed by atoms with Gasteiger partial charge in [0.2, 0.25) is 11.8 Å². The standard InChI is InChI=1S/C9H14N2O3S/c1-3-4-6-8(13)11(9(14)15-6)5(2)7(10)12/h5,13H,3-4H2,1-2H3,(H2,10,12). The van der Waals surface area contributed by atoms with Crippen LogP contribution >= 0.6 is 11.3 Å². The zero-order valence-electron chi connectivity index (χ0n) is 8.69. The minimum absolute atomic E-state index is 0.127. The lowest BCUT2D eigenvalue weighted by Gasteiger charge is -2.09. The van der Waals surface area contributed by atoms with Crippen molar-refractivity contribution in [2.45, 2.75) is 32.7 Å². The fourth-order valence-corrected chi connectivity index (χ4v) is 2.33. The van der Waals surface area contributed by atoms with Crippen LogP contribution in [0.2, 0.25) is 0 Å². The molecule has 0 radical (unpaired) electrons. The molecule has 1 aromatic rings. The number of primary amides is 1. The second kappa shape index (κ2) is 4.48. The lowest BCUT2D eigenvalue weighted by Crippen LogP contribution is -2.28. The van der Waals surface area contributed by atoms with Crippen LogP contribution in [0.5, 0.6) is 5.88 Å². The molecule has 5 nitrogen and oxygen atoms in total. The number of hydrogen-bond acceptors (Lipinski definition) is 4. The number of thiazole rings is 1. The topological polar surface area (TPSA) is 85.3 Å². The largest absolute Gasteiger partial charge is 0.494 e. The van der Waals surface area contributed by atoms with Gasteiger partial charge in [0, 0.05) is 0 Å². The van der Waals surface area contributed by atoms with Crippen LogP contribution in [-0.4, -0.2) is 15.6 Å². The van der Waals surface area contributed by atoms with Gasteiger partial charge in [-0.05, 0) is 13.3 Å². The Morgan fingerprint density at radius 1 is 1.67 bits per heavy atom. The summed E-state index contributed by atoms with van der Waals surface area (Å²) in [6.07, 6.45) is 1.46. The monoisotopic (exact) mass is 230 g/mol. The van der Waals surface area contributed by atoms with Gasteiger partial charge in [-0.25, -0.2) is 0 Å². The smallest absolute Gasteiger partial charge is 0.310 e.